The summed E-state index contributed by atoms with van der Waals surface area (Å²) < 4.78 is 6.06. The molecule has 0 bridgehead atoms. The molecule has 1 aliphatic heterocycles. The molecule has 2 aromatic rings. The quantitative estimate of drug-likeness (QED) is 0.663. The number of Topliss-reactive ketones (excluding diaryl/α,β-unsaturated/α-hetero) is 1. The molecule has 0 amide bonds. The molecule has 0 spiro atoms. The number of hydrogen-bond acceptors (Lipinski definition) is 4. The van der Waals surface area contributed by atoms with Crippen LogP contribution >= 0.6 is 0 Å². The number of aliphatic hydroxyl groups excluding tert-OH is 1. The van der Waals surface area contributed by atoms with Crippen LogP contribution in [0.25, 0.3) is 12.2 Å². The Labute approximate surface area is 147 Å². The summed E-state index contributed by atoms with van der Waals surface area (Å²) in [5.74, 6) is 0.573. The van der Waals surface area contributed by atoms with Crippen LogP contribution in [0.2, 0.25) is 0 Å². The summed E-state index contributed by atoms with van der Waals surface area (Å²) in [6.07, 6.45) is 3.03. The summed E-state index contributed by atoms with van der Waals surface area (Å²) >= 11 is 0. The van der Waals surface area contributed by atoms with Gasteiger partial charge < -0.3 is 15.6 Å². The number of carbonyl (C=O) groups excluding carboxylic acids is 1. The van der Waals surface area contributed by atoms with Gasteiger partial charge in [-0.3, -0.25) is 4.79 Å². The highest BCUT2D eigenvalue weighted by atomic mass is 16.5. The Morgan fingerprint density at radius 1 is 1.20 bits per heavy atom. The van der Waals surface area contributed by atoms with E-state index in [0.717, 1.165) is 11.1 Å². The molecule has 1 aliphatic rings. The maximum absolute atomic E-state index is 11.9. The number of nitrogens with two attached hydrogens (primary N) is 1. The summed E-state index contributed by atoms with van der Waals surface area (Å²) in [6.45, 7) is 5.13. The smallest absolute Gasteiger partial charge is 0.159 e. The van der Waals surface area contributed by atoms with Crippen molar-refractivity contribution in [2.45, 2.75) is 38.5 Å². The van der Waals surface area contributed by atoms with Crippen LogP contribution in [0.4, 0.5) is 0 Å². The molecular weight excluding hydrogens is 314 g/mol. The average molecular weight is 337 g/mol. The molecule has 130 valence electrons. The molecule has 0 saturated carbocycles. The minimum Gasteiger partial charge on any atom is -0.484 e. The van der Waals surface area contributed by atoms with Crippen molar-refractivity contribution >= 4 is 17.9 Å². The minimum absolute atomic E-state index is 0.0521. The number of ketones is 1. The van der Waals surface area contributed by atoms with Crippen molar-refractivity contribution in [1.82, 2.24) is 0 Å². The summed E-state index contributed by atoms with van der Waals surface area (Å²) in [5, 5.41) is 10.4. The Kier molecular flexibility index (Phi) is 4.50. The highest BCUT2D eigenvalue weighted by Gasteiger charge is 2.42. The van der Waals surface area contributed by atoms with Crippen LogP contribution in [0, 0.1) is 0 Å². The van der Waals surface area contributed by atoms with Crippen LogP contribution in [0.15, 0.2) is 42.5 Å². The van der Waals surface area contributed by atoms with E-state index >= 15 is 0 Å². The number of hydrogen-bond donors (Lipinski definition) is 2. The Morgan fingerprint density at radius 3 is 2.52 bits per heavy atom. The van der Waals surface area contributed by atoms with E-state index in [1.165, 1.54) is 6.92 Å². The zero-order valence-corrected chi connectivity index (χ0v) is 14.7. The molecule has 0 aliphatic carbocycles. The highest BCUT2D eigenvalue weighted by molar-refractivity contribution is 5.95. The average Bonchev–Trinajstić information content (AvgIpc) is 2.58. The van der Waals surface area contributed by atoms with E-state index in [-0.39, 0.29) is 5.78 Å². The predicted molar refractivity (Wildman–Crippen MR) is 99.5 cm³/mol. The molecule has 0 saturated heterocycles. The fraction of sp³-hybridized carbons (Fsp3) is 0.286. The first-order valence-corrected chi connectivity index (χ1v) is 8.34. The molecule has 0 radical (unpaired) electrons. The Balaban J connectivity index is 2.13. The van der Waals surface area contributed by atoms with Crippen molar-refractivity contribution in [2.75, 3.05) is 0 Å². The molecule has 1 heterocycles. The van der Waals surface area contributed by atoms with E-state index in [1.54, 1.807) is 12.1 Å². The summed E-state index contributed by atoms with van der Waals surface area (Å²) in [4.78, 5) is 11.9. The molecule has 2 aromatic carbocycles. The van der Waals surface area contributed by atoms with Crippen molar-refractivity contribution in [2.24, 2.45) is 5.73 Å². The van der Waals surface area contributed by atoms with E-state index in [9.17, 15) is 9.90 Å². The number of benzene rings is 2. The number of ether oxygens (including phenoxy) is 1. The summed E-state index contributed by atoms with van der Waals surface area (Å²) in [5.41, 5.74) is 8.48. The second-order valence-corrected chi connectivity index (χ2v) is 6.96. The Morgan fingerprint density at radius 2 is 1.88 bits per heavy atom. The topological polar surface area (TPSA) is 72.6 Å². The van der Waals surface area contributed by atoms with Gasteiger partial charge in [0.05, 0.1) is 6.04 Å². The molecule has 0 fully saturated rings. The fourth-order valence-corrected chi connectivity index (χ4v) is 3.04. The molecule has 4 heteroatoms. The Hall–Kier alpha value is -2.43. The number of fused-ring (bicyclic) bond motifs is 1. The third-order valence-electron chi connectivity index (χ3n) is 4.58. The normalized spacial score (nSPS) is 21.6. The number of carbonyl (C=O) groups is 1. The Bertz CT molecular complexity index is 825. The SMILES string of the molecule is CC(=O)c1cc(C=Cc2ccccc2)c2c(c1)[C@@H](N)[C@H](O)C(C)(C)O2. The van der Waals surface area contributed by atoms with Gasteiger partial charge in [-0.05, 0) is 38.5 Å². The third-order valence-corrected chi connectivity index (χ3v) is 4.58. The van der Waals surface area contributed by atoms with Crippen LogP contribution in [-0.4, -0.2) is 22.6 Å². The molecule has 0 unspecified atom stereocenters. The fourth-order valence-electron chi connectivity index (χ4n) is 3.04. The minimum atomic E-state index is -0.854. The molecule has 2 atom stereocenters. The van der Waals surface area contributed by atoms with Crippen LogP contribution in [0.1, 0.15) is 53.9 Å². The van der Waals surface area contributed by atoms with Gasteiger partial charge in [0, 0.05) is 16.7 Å². The largest absolute Gasteiger partial charge is 0.484 e. The predicted octanol–water partition coefficient (Wildman–Crippen LogP) is 3.59. The highest BCUT2D eigenvalue weighted by Crippen LogP contribution is 2.42. The first kappa shape index (κ1) is 17.4. The van der Waals surface area contributed by atoms with Gasteiger partial charge in [-0.25, -0.2) is 0 Å². The molecular formula is C21H23NO3. The van der Waals surface area contributed by atoms with Crippen molar-refractivity contribution in [3.63, 3.8) is 0 Å². The van der Waals surface area contributed by atoms with Gasteiger partial charge in [0.25, 0.3) is 0 Å². The maximum atomic E-state index is 11.9. The van der Waals surface area contributed by atoms with E-state index in [2.05, 4.69) is 0 Å². The lowest BCUT2D eigenvalue weighted by Gasteiger charge is -2.41. The van der Waals surface area contributed by atoms with E-state index in [4.69, 9.17) is 10.5 Å². The van der Waals surface area contributed by atoms with Gasteiger partial charge in [0.15, 0.2) is 5.78 Å². The molecule has 4 nitrogen and oxygen atoms in total. The zero-order chi connectivity index (χ0) is 18.2. The molecule has 25 heavy (non-hydrogen) atoms. The van der Waals surface area contributed by atoms with E-state index in [0.29, 0.717) is 16.9 Å². The van der Waals surface area contributed by atoms with Gasteiger partial charge >= 0.3 is 0 Å². The lowest BCUT2D eigenvalue weighted by molar-refractivity contribution is -0.0573. The monoisotopic (exact) mass is 337 g/mol. The van der Waals surface area contributed by atoms with Gasteiger partial charge in [-0.15, -0.1) is 0 Å². The molecule has 3 N–H and O–H groups in total. The zero-order valence-electron chi connectivity index (χ0n) is 14.7. The number of aliphatic hydroxyl groups is 1. The second-order valence-electron chi connectivity index (χ2n) is 6.96. The van der Waals surface area contributed by atoms with Crippen LogP contribution in [-0.2, 0) is 0 Å². The second kappa shape index (κ2) is 6.47. The summed E-state index contributed by atoms with van der Waals surface area (Å²) in [7, 11) is 0. The van der Waals surface area contributed by atoms with Crippen LogP contribution < -0.4 is 10.5 Å². The lowest BCUT2D eigenvalue weighted by atomic mass is 9.84. The van der Waals surface area contributed by atoms with Crippen molar-refractivity contribution < 1.29 is 14.6 Å². The third kappa shape index (κ3) is 3.36. The van der Waals surface area contributed by atoms with Crippen LogP contribution in [0.5, 0.6) is 5.75 Å². The van der Waals surface area contributed by atoms with Crippen molar-refractivity contribution in [1.29, 1.82) is 0 Å². The van der Waals surface area contributed by atoms with Gasteiger partial charge in [-0.1, -0.05) is 42.5 Å². The van der Waals surface area contributed by atoms with Gasteiger partial charge in [0.1, 0.15) is 17.5 Å². The summed E-state index contributed by atoms with van der Waals surface area (Å²) in [6, 6.07) is 12.8. The van der Waals surface area contributed by atoms with Crippen molar-refractivity contribution in [3.8, 4) is 5.75 Å². The van der Waals surface area contributed by atoms with E-state index < -0.39 is 17.7 Å². The van der Waals surface area contributed by atoms with Crippen molar-refractivity contribution in [3.05, 3.63) is 64.7 Å². The first-order valence-electron chi connectivity index (χ1n) is 8.34. The van der Waals surface area contributed by atoms with E-state index in [1.807, 2.05) is 56.3 Å². The lowest BCUT2D eigenvalue weighted by Crippen LogP contribution is -2.51. The molecule has 0 aromatic heterocycles. The van der Waals surface area contributed by atoms with Gasteiger partial charge in [-0.2, -0.15) is 0 Å². The molecule has 3 rings (SSSR count). The standard InChI is InChI=1S/C21H23NO3/c1-13(23)16-11-15(10-9-14-7-5-4-6-8-14)19-17(12-16)18(22)20(24)21(2,3)25-19/h4-12,18,20,24H,22H2,1-3H3/t18-,20+/m1/s1. The number of rotatable bonds is 3. The maximum Gasteiger partial charge on any atom is 0.159 e. The van der Waals surface area contributed by atoms with Crippen LogP contribution in [0.3, 0.4) is 0 Å². The first-order chi connectivity index (χ1) is 11.8. The van der Waals surface area contributed by atoms with Gasteiger partial charge in [0.2, 0.25) is 0 Å².